The van der Waals surface area contributed by atoms with Gasteiger partial charge in [0.05, 0.1) is 18.9 Å². The molecule has 4 aromatic rings. The average Bonchev–Trinajstić information content (AvgIpc) is 3.41. The molecule has 0 saturated carbocycles. The van der Waals surface area contributed by atoms with Crippen molar-refractivity contribution in [2.75, 3.05) is 32.7 Å². The van der Waals surface area contributed by atoms with E-state index >= 15 is 0 Å². The van der Waals surface area contributed by atoms with Crippen LogP contribution in [0.3, 0.4) is 0 Å². The third kappa shape index (κ3) is 4.11. The number of aliphatic hydroxyl groups excluding tert-OH is 1. The van der Waals surface area contributed by atoms with Gasteiger partial charge in [-0.25, -0.2) is 0 Å². The SMILES string of the molecule is O=C(c1ccco1)N1CCN(C[C@@H](O)Cn2c3ccc(Cl)cc3c3cc(Cl)ccc32)CC1. The molecule has 6 nitrogen and oxygen atoms in total. The fraction of sp³-hybridized carbons (Fsp3) is 0.292. The van der Waals surface area contributed by atoms with Crippen LogP contribution in [0.15, 0.2) is 59.2 Å². The van der Waals surface area contributed by atoms with Crippen molar-refractivity contribution < 1.29 is 14.3 Å². The van der Waals surface area contributed by atoms with Crippen molar-refractivity contribution in [2.45, 2.75) is 12.6 Å². The van der Waals surface area contributed by atoms with E-state index in [0.717, 1.165) is 21.8 Å². The van der Waals surface area contributed by atoms with Crippen LogP contribution in [-0.4, -0.2) is 64.2 Å². The number of hydrogen-bond acceptors (Lipinski definition) is 4. The molecule has 1 fully saturated rings. The van der Waals surface area contributed by atoms with Crippen molar-refractivity contribution >= 4 is 50.9 Å². The zero-order valence-corrected chi connectivity index (χ0v) is 18.9. The first-order valence-corrected chi connectivity index (χ1v) is 11.4. The molecule has 0 radical (unpaired) electrons. The van der Waals surface area contributed by atoms with E-state index in [4.69, 9.17) is 27.6 Å². The summed E-state index contributed by atoms with van der Waals surface area (Å²) >= 11 is 12.5. The molecular weight excluding hydrogens is 449 g/mol. The van der Waals surface area contributed by atoms with Crippen LogP contribution in [0.25, 0.3) is 21.8 Å². The van der Waals surface area contributed by atoms with Gasteiger partial charge >= 0.3 is 0 Å². The molecule has 1 aliphatic heterocycles. The average molecular weight is 472 g/mol. The third-order valence-electron chi connectivity index (χ3n) is 6.04. The van der Waals surface area contributed by atoms with E-state index in [1.165, 1.54) is 6.26 Å². The van der Waals surface area contributed by atoms with Gasteiger partial charge in [0.15, 0.2) is 5.76 Å². The highest BCUT2D eigenvalue weighted by Crippen LogP contribution is 2.33. The number of halogens is 2. The highest BCUT2D eigenvalue weighted by Gasteiger charge is 2.25. The summed E-state index contributed by atoms with van der Waals surface area (Å²) in [7, 11) is 0. The number of rotatable bonds is 5. The summed E-state index contributed by atoms with van der Waals surface area (Å²) in [6.45, 7) is 3.63. The number of aromatic nitrogens is 1. The second-order valence-electron chi connectivity index (χ2n) is 8.16. The third-order valence-corrected chi connectivity index (χ3v) is 6.51. The summed E-state index contributed by atoms with van der Waals surface area (Å²) in [4.78, 5) is 16.4. The zero-order valence-electron chi connectivity index (χ0n) is 17.4. The van der Waals surface area contributed by atoms with Crippen LogP contribution >= 0.6 is 23.2 Å². The fourth-order valence-corrected chi connectivity index (χ4v) is 4.85. The Morgan fingerprint density at radius 1 is 0.938 bits per heavy atom. The minimum absolute atomic E-state index is 0.0854. The molecule has 1 amide bonds. The number of benzene rings is 2. The fourth-order valence-electron chi connectivity index (χ4n) is 4.50. The van der Waals surface area contributed by atoms with Gasteiger partial charge in [-0.05, 0) is 48.5 Å². The Morgan fingerprint density at radius 2 is 1.56 bits per heavy atom. The molecule has 3 heterocycles. The molecule has 166 valence electrons. The minimum atomic E-state index is -0.563. The van der Waals surface area contributed by atoms with Crippen LogP contribution < -0.4 is 0 Å². The molecule has 1 aliphatic rings. The topological polar surface area (TPSA) is 61.9 Å². The first kappa shape index (κ1) is 21.3. The number of carbonyl (C=O) groups is 1. The molecule has 0 aliphatic carbocycles. The van der Waals surface area contributed by atoms with E-state index in [2.05, 4.69) is 9.47 Å². The molecule has 8 heteroatoms. The Morgan fingerprint density at radius 3 is 2.12 bits per heavy atom. The lowest BCUT2D eigenvalue weighted by atomic mass is 10.1. The van der Waals surface area contributed by atoms with Gasteiger partial charge in [0, 0.05) is 64.6 Å². The van der Waals surface area contributed by atoms with Gasteiger partial charge in [-0.1, -0.05) is 23.2 Å². The van der Waals surface area contributed by atoms with Gasteiger partial charge in [-0.2, -0.15) is 0 Å². The smallest absolute Gasteiger partial charge is 0.289 e. The molecule has 2 aromatic heterocycles. The van der Waals surface area contributed by atoms with Crippen LogP contribution in [-0.2, 0) is 6.54 Å². The Kier molecular flexibility index (Phi) is 5.86. The van der Waals surface area contributed by atoms with Crippen molar-refractivity contribution in [2.24, 2.45) is 0 Å². The Balaban J connectivity index is 1.28. The normalized spacial score (nSPS) is 16.2. The number of carbonyl (C=O) groups excluding carboxylic acids is 1. The van der Waals surface area contributed by atoms with Gasteiger partial charge in [0.2, 0.25) is 0 Å². The Labute approximate surface area is 195 Å². The quantitative estimate of drug-likeness (QED) is 0.464. The number of amides is 1. The van der Waals surface area contributed by atoms with Gasteiger partial charge in [0.1, 0.15) is 0 Å². The predicted molar refractivity (Wildman–Crippen MR) is 127 cm³/mol. The molecule has 5 rings (SSSR count). The standard InChI is InChI=1S/C24H23Cl2N3O3/c25-16-3-5-21-19(12-16)20-13-17(26)4-6-22(20)29(21)15-18(30)14-27-7-9-28(10-8-27)24(31)23-2-1-11-32-23/h1-6,11-13,18,30H,7-10,14-15H2/t18-/m1/s1. The molecule has 2 aromatic carbocycles. The molecule has 1 atom stereocenters. The second-order valence-corrected chi connectivity index (χ2v) is 9.03. The van der Waals surface area contributed by atoms with Crippen LogP contribution in [0.5, 0.6) is 0 Å². The summed E-state index contributed by atoms with van der Waals surface area (Å²) < 4.78 is 7.34. The highest BCUT2D eigenvalue weighted by atomic mass is 35.5. The van der Waals surface area contributed by atoms with E-state index < -0.39 is 6.10 Å². The number of fused-ring (bicyclic) bond motifs is 3. The molecule has 32 heavy (non-hydrogen) atoms. The van der Waals surface area contributed by atoms with Gasteiger partial charge in [0.25, 0.3) is 5.91 Å². The van der Waals surface area contributed by atoms with Gasteiger partial charge < -0.3 is 19.0 Å². The lowest BCUT2D eigenvalue weighted by molar-refractivity contribution is 0.0481. The van der Waals surface area contributed by atoms with Crippen molar-refractivity contribution in [1.82, 2.24) is 14.4 Å². The van der Waals surface area contributed by atoms with E-state index in [1.54, 1.807) is 17.0 Å². The van der Waals surface area contributed by atoms with Gasteiger partial charge in [-0.15, -0.1) is 0 Å². The molecule has 1 N–H and O–H groups in total. The van der Waals surface area contributed by atoms with Crippen molar-refractivity contribution in [3.05, 3.63) is 70.6 Å². The van der Waals surface area contributed by atoms with Crippen LogP contribution in [0.1, 0.15) is 10.6 Å². The van der Waals surface area contributed by atoms with Gasteiger partial charge in [-0.3, -0.25) is 9.69 Å². The predicted octanol–water partition coefficient (Wildman–Crippen LogP) is 4.51. The first-order chi connectivity index (χ1) is 15.5. The van der Waals surface area contributed by atoms with Crippen molar-refractivity contribution in [3.8, 4) is 0 Å². The summed E-state index contributed by atoms with van der Waals surface area (Å²) in [5.74, 6) is 0.280. The lowest BCUT2D eigenvalue weighted by Gasteiger charge is -2.35. The molecule has 1 saturated heterocycles. The molecule has 0 unspecified atom stereocenters. The summed E-state index contributed by atoms with van der Waals surface area (Å²) in [5.41, 5.74) is 2.03. The summed E-state index contributed by atoms with van der Waals surface area (Å²) in [5, 5.41) is 14.3. The van der Waals surface area contributed by atoms with Crippen LogP contribution in [0.2, 0.25) is 10.0 Å². The van der Waals surface area contributed by atoms with E-state index in [0.29, 0.717) is 55.1 Å². The number of hydrogen-bond donors (Lipinski definition) is 1. The molecule has 0 spiro atoms. The maximum atomic E-state index is 12.4. The maximum Gasteiger partial charge on any atom is 0.289 e. The number of nitrogens with zero attached hydrogens (tertiary/aromatic N) is 3. The van der Waals surface area contributed by atoms with E-state index in [9.17, 15) is 9.90 Å². The number of piperazine rings is 1. The molecular formula is C24H23Cl2N3O3. The zero-order chi connectivity index (χ0) is 22.2. The van der Waals surface area contributed by atoms with E-state index in [-0.39, 0.29) is 5.91 Å². The Bertz CT molecular complexity index is 1200. The number of furan rings is 1. The minimum Gasteiger partial charge on any atom is -0.459 e. The largest absolute Gasteiger partial charge is 0.459 e. The molecule has 0 bridgehead atoms. The number of β-amino-alcohol motifs (C(OH)–C–C–N with tert-alkyl or cyclic N) is 1. The first-order valence-electron chi connectivity index (χ1n) is 10.6. The van der Waals surface area contributed by atoms with Crippen molar-refractivity contribution in [3.63, 3.8) is 0 Å². The van der Waals surface area contributed by atoms with Crippen LogP contribution in [0, 0.1) is 0 Å². The summed E-state index contributed by atoms with van der Waals surface area (Å²) in [6, 6.07) is 15.0. The van der Waals surface area contributed by atoms with Crippen LogP contribution in [0.4, 0.5) is 0 Å². The van der Waals surface area contributed by atoms with Crippen molar-refractivity contribution in [1.29, 1.82) is 0 Å². The number of aliphatic hydroxyl groups is 1. The monoisotopic (exact) mass is 471 g/mol. The Hall–Kier alpha value is -2.51. The lowest BCUT2D eigenvalue weighted by Crippen LogP contribution is -2.50. The van der Waals surface area contributed by atoms with E-state index in [1.807, 2.05) is 36.4 Å². The second kappa shape index (κ2) is 8.79. The highest BCUT2D eigenvalue weighted by molar-refractivity contribution is 6.33. The maximum absolute atomic E-state index is 12.4. The summed E-state index contributed by atoms with van der Waals surface area (Å²) in [6.07, 6.45) is 0.948.